The van der Waals surface area contributed by atoms with E-state index in [0.717, 1.165) is 0 Å². The first-order chi connectivity index (χ1) is 6.06. The maximum Gasteiger partial charge on any atom is 0.178 e. The minimum absolute atomic E-state index is 0.174. The molecule has 0 aliphatic heterocycles. The molecule has 0 aliphatic carbocycles. The van der Waals surface area contributed by atoms with E-state index < -0.39 is 0 Å². The van der Waals surface area contributed by atoms with Gasteiger partial charge in [-0.05, 0) is 12.1 Å². The van der Waals surface area contributed by atoms with Gasteiger partial charge < -0.3 is 5.21 Å². The van der Waals surface area contributed by atoms with E-state index in [9.17, 15) is 0 Å². The molecule has 2 nitrogen and oxygen atoms in total. The van der Waals surface area contributed by atoms with Crippen LogP contribution in [0.2, 0.25) is 15.1 Å². The number of halogens is 4. The Balaban J connectivity index is 3.37. The van der Waals surface area contributed by atoms with E-state index in [1.54, 1.807) is 0 Å². The van der Waals surface area contributed by atoms with Gasteiger partial charge in [-0.3, -0.25) is 0 Å². The van der Waals surface area contributed by atoms with Gasteiger partial charge in [-0.1, -0.05) is 51.6 Å². The first-order valence-corrected chi connectivity index (χ1v) is 4.60. The summed E-state index contributed by atoms with van der Waals surface area (Å²) in [6.45, 7) is 0. The Morgan fingerprint density at radius 2 is 1.62 bits per heavy atom. The topological polar surface area (TPSA) is 32.6 Å². The molecule has 13 heavy (non-hydrogen) atoms. The molecule has 0 heterocycles. The molecule has 0 spiro atoms. The minimum Gasteiger partial charge on any atom is -0.410 e. The fourth-order valence-corrected chi connectivity index (χ4v) is 2.09. The van der Waals surface area contributed by atoms with E-state index in [-0.39, 0.29) is 20.8 Å². The number of rotatable bonds is 1. The molecule has 0 atom stereocenters. The normalized spacial score (nSPS) is 11.8. The van der Waals surface area contributed by atoms with Gasteiger partial charge in [-0.15, -0.1) is 0 Å². The maximum absolute atomic E-state index is 8.41. The van der Waals surface area contributed by atoms with E-state index >= 15 is 0 Å². The van der Waals surface area contributed by atoms with Crippen LogP contribution in [-0.4, -0.2) is 10.4 Å². The van der Waals surface area contributed by atoms with Crippen LogP contribution in [0.25, 0.3) is 0 Å². The molecule has 1 aromatic rings. The third-order valence-electron chi connectivity index (χ3n) is 1.30. The molecule has 0 saturated heterocycles. The largest absolute Gasteiger partial charge is 0.410 e. The Bertz CT molecular complexity index is 341. The molecule has 70 valence electrons. The zero-order chi connectivity index (χ0) is 10.0. The predicted molar refractivity (Wildman–Crippen MR) is 55.6 cm³/mol. The highest BCUT2D eigenvalue weighted by Gasteiger charge is 2.12. The molecule has 1 N–H and O–H groups in total. The van der Waals surface area contributed by atoms with Gasteiger partial charge in [0.15, 0.2) is 5.17 Å². The summed E-state index contributed by atoms with van der Waals surface area (Å²) in [6, 6.07) is 2.91. The zero-order valence-electron chi connectivity index (χ0n) is 6.06. The summed E-state index contributed by atoms with van der Waals surface area (Å²) >= 11 is 22.7. The highest BCUT2D eigenvalue weighted by Crippen LogP contribution is 2.30. The lowest BCUT2D eigenvalue weighted by Crippen LogP contribution is -1.94. The Morgan fingerprint density at radius 3 is 2.00 bits per heavy atom. The summed E-state index contributed by atoms with van der Waals surface area (Å²) in [6.07, 6.45) is 0. The summed E-state index contributed by atoms with van der Waals surface area (Å²) in [4.78, 5) is 0. The fraction of sp³-hybridized carbons (Fsp3) is 0. The van der Waals surface area contributed by atoms with Crippen LogP contribution < -0.4 is 0 Å². The second kappa shape index (κ2) is 4.38. The second-order valence-corrected chi connectivity index (χ2v) is 3.74. The summed E-state index contributed by atoms with van der Waals surface area (Å²) in [5.41, 5.74) is 0.261. The highest BCUT2D eigenvalue weighted by atomic mass is 35.5. The van der Waals surface area contributed by atoms with Crippen LogP contribution in [0.5, 0.6) is 0 Å². The van der Waals surface area contributed by atoms with Gasteiger partial charge >= 0.3 is 0 Å². The summed E-state index contributed by atoms with van der Waals surface area (Å²) in [5.74, 6) is 0. The monoisotopic (exact) mass is 257 g/mol. The molecule has 0 radical (unpaired) electrons. The molecule has 0 aromatic heterocycles. The van der Waals surface area contributed by atoms with Gasteiger partial charge in [0, 0.05) is 5.02 Å². The number of hydrogen-bond acceptors (Lipinski definition) is 2. The van der Waals surface area contributed by atoms with E-state index in [1.807, 2.05) is 0 Å². The first kappa shape index (κ1) is 10.9. The quantitative estimate of drug-likeness (QED) is 0.461. The zero-order valence-corrected chi connectivity index (χ0v) is 9.08. The van der Waals surface area contributed by atoms with Crippen molar-refractivity contribution in [3.8, 4) is 0 Å². The lowest BCUT2D eigenvalue weighted by atomic mass is 10.2. The standard InChI is InChI=1S/C7H3Cl4NO/c8-3-1-4(9)6(5(10)2-3)7(11)12-13/h1-2,13H/b12-7-. The SMILES string of the molecule is O/N=C(\Cl)c1c(Cl)cc(Cl)cc1Cl. The molecular weight excluding hydrogens is 256 g/mol. The number of oxime groups is 1. The molecule has 0 amide bonds. The van der Waals surface area contributed by atoms with Crippen LogP contribution in [0.4, 0.5) is 0 Å². The van der Waals surface area contributed by atoms with Crippen molar-refractivity contribution in [1.29, 1.82) is 0 Å². The molecule has 0 unspecified atom stereocenters. The second-order valence-electron chi connectivity index (χ2n) is 2.14. The Labute approximate surface area is 94.7 Å². The maximum atomic E-state index is 8.41. The third kappa shape index (κ3) is 2.41. The molecule has 0 aliphatic rings. The Kier molecular flexibility index (Phi) is 3.68. The smallest absolute Gasteiger partial charge is 0.178 e. The van der Waals surface area contributed by atoms with Gasteiger partial charge in [0.1, 0.15) is 0 Å². The van der Waals surface area contributed by atoms with Crippen LogP contribution in [0.3, 0.4) is 0 Å². The molecule has 1 aromatic carbocycles. The average molecular weight is 259 g/mol. The van der Waals surface area contributed by atoms with Gasteiger partial charge in [-0.2, -0.15) is 0 Å². The van der Waals surface area contributed by atoms with Gasteiger partial charge in [-0.25, -0.2) is 0 Å². The van der Waals surface area contributed by atoms with E-state index in [2.05, 4.69) is 5.16 Å². The lowest BCUT2D eigenvalue weighted by Gasteiger charge is -2.03. The van der Waals surface area contributed by atoms with Crippen molar-refractivity contribution in [1.82, 2.24) is 0 Å². The van der Waals surface area contributed by atoms with Crippen molar-refractivity contribution in [2.24, 2.45) is 5.16 Å². The van der Waals surface area contributed by atoms with Gasteiger partial charge in [0.05, 0.1) is 15.6 Å². The highest BCUT2D eigenvalue weighted by molar-refractivity contribution is 6.71. The molecule has 0 saturated carbocycles. The van der Waals surface area contributed by atoms with Crippen molar-refractivity contribution >= 4 is 51.6 Å². The minimum atomic E-state index is -0.174. The van der Waals surface area contributed by atoms with E-state index in [1.165, 1.54) is 12.1 Å². The van der Waals surface area contributed by atoms with E-state index in [0.29, 0.717) is 5.02 Å². The number of nitrogens with zero attached hydrogens (tertiary/aromatic N) is 1. The molecule has 0 bridgehead atoms. The van der Waals surface area contributed by atoms with Crippen LogP contribution in [-0.2, 0) is 0 Å². The summed E-state index contributed by atoms with van der Waals surface area (Å²) in [7, 11) is 0. The molecule has 1 rings (SSSR count). The van der Waals surface area contributed by atoms with Crippen LogP contribution in [0.1, 0.15) is 5.56 Å². The van der Waals surface area contributed by atoms with Gasteiger partial charge in [0.25, 0.3) is 0 Å². The van der Waals surface area contributed by atoms with Crippen LogP contribution in [0, 0.1) is 0 Å². The van der Waals surface area contributed by atoms with E-state index in [4.69, 9.17) is 51.6 Å². The van der Waals surface area contributed by atoms with Crippen molar-refractivity contribution in [2.75, 3.05) is 0 Å². The number of benzene rings is 1. The molecular formula is C7H3Cl4NO. The summed E-state index contributed by atoms with van der Waals surface area (Å²) in [5, 5.41) is 11.9. The number of hydrogen-bond donors (Lipinski definition) is 1. The Morgan fingerprint density at radius 1 is 1.15 bits per heavy atom. The molecule has 6 heteroatoms. The fourth-order valence-electron chi connectivity index (χ4n) is 0.789. The van der Waals surface area contributed by atoms with Crippen molar-refractivity contribution in [3.63, 3.8) is 0 Å². The summed E-state index contributed by atoms with van der Waals surface area (Å²) < 4.78 is 0. The Hall–Kier alpha value is -0.150. The predicted octanol–water partition coefficient (Wildman–Crippen LogP) is 4.02. The van der Waals surface area contributed by atoms with Crippen LogP contribution >= 0.6 is 46.4 Å². The van der Waals surface area contributed by atoms with Crippen molar-refractivity contribution in [2.45, 2.75) is 0 Å². The molecule has 0 fully saturated rings. The van der Waals surface area contributed by atoms with Gasteiger partial charge in [0.2, 0.25) is 0 Å². The van der Waals surface area contributed by atoms with Crippen molar-refractivity contribution < 1.29 is 5.21 Å². The first-order valence-electron chi connectivity index (χ1n) is 3.08. The van der Waals surface area contributed by atoms with Crippen LogP contribution in [0.15, 0.2) is 17.3 Å². The average Bonchev–Trinajstić information content (AvgIpc) is 2.02. The third-order valence-corrected chi connectivity index (χ3v) is 2.38. The van der Waals surface area contributed by atoms with Crippen molar-refractivity contribution in [3.05, 3.63) is 32.8 Å². The lowest BCUT2D eigenvalue weighted by molar-refractivity contribution is 0.321.